The van der Waals surface area contributed by atoms with Gasteiger partial charge in [0.25, 0.3) is 0 Å². The minimum Gasteiger partial charge on any atom is -0.377 e. The molecule has 2 N–H and O–H groups in total. The molecule has 0 unspecified atom stereocenters. The van der Waals surface area contributed by atoms with E-state index in [-0.39, 0.29) is 0 Å². The van der Waals surface area contributed by atoms with Gasteiger partial charge in [-0.3, -0.25) is 0 Å². The molecule has 0 amide bonds. The van der Waals surface area contributed by atoms with E-state index in [0.29, 0.717) is 12.1 Å². The Kier molecular flexibility index (Phi) is 3.30. The van der Waals surface area contributed by atoms with E-state index in [1.807, 2.05) is 0 Å². The van der Waals surface area contributed by atoms with Gasteiger partial charge in [-0.2, -0.15) is 0 Å². The van der Waals surface area contributed by atoms with Crippen LogP contribution in [0.1, 0.15) is 12.8 Å². The van der Waals surface area contributed by atoms with Crippen molar-refractivity contribution in [2.24, 2.45) is 5.73 Å². The second-order valence-electron chi connectivity index (χ2n) is 3.53. The van der Waals surface area contributed by atoms with Gasteiger partial charge in [0, 0.05) is 12.6 Å². The zero-order valence-electron chi connectivity index (χ0n) is 7.42. The number of likely N-dealkylation sites (N-methyl/N-ethyl adjacent to an activating group) is 1. The minimum atomic E-state index is 0.402. The Bertz CT molecular complexity index is 111. The van der Waals surface area contributed by atoms with Crippen molar-refractivity contribution in [3.8, 4) is 0 Å². The summed E-state index contributed by atoms with van der Waals surface area (Å²) in [6.07, 6.45) is 2.55. The number of hydrogen-bond donors (Lipinski definition) is 1. The highest BCUT2D eigenvalue weighted by Crippen LogP contribution is 2.20. The van der Waals surface area contributed by atoms with Gasteiger partial charge in [0.05, 0.1) is 12.7 Å². The van der Waals surface area contributed by atoms with Crippen LogP contribution in [0.15, 0.2) is 0 Å². The van der Waals surface area contributed by atoms with Gasteiger partial charge >= 0.3 is 0 Å². The molecule has 0 atom stereocenters. The first-order valence-corrected chi connectivity index (χ1v) is 4.20. The molecular formula is C8H18N2O. The van der Waals surface area contributed by atoms with Gasteiger partial charge < -0.3 is 15.4 Å². The topological polar surface area (TPSA) is 38.5 Å². The van der Waals surface area contributed by atoms with Gasteiger partial charge in [0.2, 0.25) is 0 Å². The zero-order valence-corrected chi connectivity index (χ0v) is 7.42. The number of ether oxygens (including phenoxy) is 1. The van der Waals surface area contributed by atoms with E-state index in [9.17, 15) is 0 Å². The molecule has 0 aromatic rings. The number of nitrogens with two attached hydrogens (primary N) is 1. The van der Waals surface area contributed by atoms with Crippen LogP contribution in [-0.2, 0) is 4.74 Å². The number of rotatable bonds is 4. The summed E-state index contributed by atoms with van der Waals surface area (Å²) in [4.78, 5) is 2.12. The Hall–Kier alpha value is -0.120. The molecule has 1 rings (SSSR count). The molecular weight excluding hydrogens is 140 g/mol. The van der Waals surface area contributed by atoms with Crippen LogP contribution in [0.25, 0.3) is 0 Å². The summed E-state index contributed by atoms with van der Waals surface area (Å²) in [7, 11) is 4.10. The van der Waals surface area contributed by atoms with Crippen LogP contribution in [-0.4, -0.2) is 44.3 Å². The molecule has 0 aromatic heterocycles. The van der Waals surface area contributed by atoms with Gasteiger partial charge in [0.1, 0.15) is 0 Å². The van der Waals surface area contributed by atoms with Crippen molar-refractivity contribution in [2.45, 2.75) is 25.0 Å². The van der Waals surface area contributed by atoms with Crippen molar-refractivity contribution < 1.29 is 4.74 Å². The highest BCUT2D eigenvalue weighted by molar-refractivity contribution is 4.82. The SMILES string of the molecule is CN(C)CCOC1CC(N)C1. The van der Waals surface area contributed by atoms with Crippen LogP contribution in [0.5, 0.6) is 0 Å². The fraction of sp³-hybridized carbons (Fsp3) is 1.00. The Morgan fingerprint density at radius 2 is 2.09 bits per heavy atom. The summed E-state index contributed by atoms with van der Waals surface area (Å²) >= 11 is 0. The average molecular weight is 158 g/mol. The van der Waals surface area contributed by atoms with E-state index in [0.717, 1.165) is 26.0 Å². The third-order valence-corrected chi connectivity index (χ3v) is 2.02. The second-order valence-corrected chi connectivity index (χ2v) is 3.53. The van der Waals surface area contributed by atoms with E-state index in [1.165, 1.54) is 0 Å². The zero-order chi connectivity index (χ0) is 8.27. The molecule has 3 nitrogen and oxygen atoms in total. The molecule has 0 heterocycles. The molecule has 0 bridgehead atoms. The lowest BCUT2D eigenvalue weighted by molar-refractivity contribution is -0.0132. The smallest absolute Gasteiger partial charge is 0.0605 e. The summed E-state index contributed by atoms with van der Waals surface area (Å²) in [6, 6.07) is 0.402. The quantitative estimate of drug-likeness (QED) is 0.628. The summed E-state index contributed by atoms with van der Waals surface area (Å²) < 4.78 is 5.54. The lowest BCUT2D eigenvalue weighted by Crippen LogP contribution is -2.42. The largest absolute Gasteiger partial charge is 0.377 e. The van der Waals surface area contributed by atoms with Gasteiger partial charge in [-0.15, -0.1) is 0 Å². The predicted octanol–water partition coefficient (Wildman–Crippen LogP) is 0.0543. The second kappa shape index (κ2) is 4.04. The molecule has 0 aromatic carbocycles. The normalized spacial score (nSPS) is 30.5. The molecule has 0 saturated heterocycles. The number of hydrogen-bond acceptors (Lipinski definition) is 3. The van der Waals surface area contributed by atoms with Gasteiger partial charge in [0.15, 0.2) is 0 Å². The van der Waals surface area contributed by atoms with E-state index in [4.69, 9.17) is 10.5 Å². The molecule has 1 aliphatic carbocycles. The minimum absolute atomic E-state index is 0.402. The molecule has 11 heavy (non-hydrogen) atoms. The monoisotopic (exact) mass is 158 g/mol. The van der Waals surface area contributed by atoms with Crippen molar-refractivity contribution in [1.82, 2.24) is 4.90 Å². The molecule has 0 spiro atoms. The molecule has 1 aliphatic rings. The molecule has 3 heteroatoms. The first-order chi connectivity index (χ1) is 5.18. The van der Waals surface area contributed by atoms with Gasteiger partial charge in [-0.1, -0.05) is 0 Å². The Morgan fingerprint density at radius 1 is 1.45 bits per heavy atom. The third kappa shape index (κ3) is 3.18. The molecule has 1 fully saturated rings. The van der Waals surface area contributed by atoms with Crippen LogP contribution in [0.3, 0.4) is 0 Å². The van der Waals surface area contributed by atoms with Gasteiger partial charge in [-0.25, -0.2) is 0 Å². The average Bonchev–Trinajstić information content (AvgIpc) is 1.83. The first kappa shape index (κ1) is 8.97. The van der Waals surface area contributed by atoms with Gasteiger partial charge in [-0.05, 0) is 26.9 Å². The summed E-state index contributed by atoms with van der Waals surface area (Å²) in [6.45, 7) is 1.84. The molecule has 0 aliphatic heterocycles. The summed E-state index contributed by atoms with van der Waals surface area (Å²) in [5, 5.41) is 0. The van der Waals surface area contributed by atoms with Crippen molar-refractivity contribution in [3.63, 3.8) is 0 Å². The van der Waals surface area contributed by atoms with Crippen LogP contribution in [0, 0.1) is 0 Å². The van der Waals surface area contributed by atoms with Crippen molar-refractivity contribution in [2.75, 3.05) is 27.2 Å². The summed E-state index contributed by atoms with van der Waals surface area (Å²) in [5.41, 5.74) is 5.61. The molecule has 0 radical (unpaired) electrons. The van der Waals surface area contributed by atoms with E-state index < -0.39 is 0 Å². The van der Waals surface area contributed by atoms with Crippen molar-refractivity contribution in [1.29, 1.82) is 0 Å². The third-order valence-electron chi connectivity index (χ3n) is 2.02. The molecule has 1 saturated carbocycles. The van der Waals surface area contributed by atoms with E-state index in [1.54, 1.807) is 0 Å². The predicted molar refractivity (Wildman–Crippen MR) is 45.5 cm³/mol. The lowest BCUT2D eigenvalue weighted by Gasteiger charge is -2.32. The van der Waals surface area contributed by atoms with E-state index >= 15 is 0 Å². The Balaban J connectivity index is 1.89. The number of nitrogens with zero attached hydrogens (tertiary/aromatic N) is 1. The first-order valence-electron chi connectivity index (χ1n) is 4.20. The lowest BCUT2D eigenvalue weighted by atomic mass is 9.90. The fourth-order valence-electron chi connectivity index (χ4n) is 1.14. The fourth-order valence-corrected chi connectivity index (χ4v) is 1.14. The highest BCUT2D eigenvalue weighted by Gasteiger charge is 2.25. The van der Waals surface area contributed by atoms with Crippen LogP contribution < -0.4 is 5.73 Å². The maximum atomic E-state index is 5.61. The van der Waals surface area contributed by atoms with Crippen molar-refractivity contribution >= 4 is 0 Å². The van der Waals surface area contributed by atoms with Crippen LogP contribution in [0.2, 0.25) is 0 Å². The maximum Gasteiger partial charge on any atom is 0.0605 e. The van der Waals surface area contributed by atoms with Crippen LogP contribution >= 0.6 is 0 Å². The Labute approximate surface area is 68.5 Å². The van der Waals surface area contributed by atoms with Crippen molar-refractivity contribution in [3.05, 3.63) is 0 Å². The summed E-state index contributed by atoms with van der Waals surface area (Å²) in [5.74, 6) is 0. The Morgan fingerprint density at radius 3 is 2.55 bits per heavy atom. The van der Waals surface area contributed by atoms with E-state index in [2.05, 4.69) is 19.0 Å². The molecule has 66 valence electrons. The standard InChI is InChI=1S/C8H18N2O/c1-10(2)3-4-11-8-5-7(9)6-8/h7-8H,3-6,9H2,1-2H3. The van der Waals surface area contributed by atoms with Crippen LogP contribution in [0.4, 0.5) is 0 Å². The highest BCUT2D eigenvalue weighted by atomic mass is 16.5. The maximum absolute atomic E-state index is 5.61.